The number of rotatable bonds is 5. The fourth-order valence-electron chi connectivity index (χ4n) is 1.71. The number of aldehydes is 1. The molecule has 1 saturated carbocycles. The first-order valence-corrected chi connectivity index (χ1v) is 6.78. The van der Waals surface area contributed by atoms with Crippen molar-refractivity contribution in [3.05, 3.63) is 11.6 Å². The predicted molar refractivity (Wildman–Crippen MR) is 81.4 cm³/mol. The first-order valence-electron chi connectivity index (χ1n) is 6.78. The lowest BCUT2D eigenvalue weighted by atomic mass is 10.1. The van der Waals surface area contributed by atoms with Crippen LogP contribution in [0.15, 0.2) is 11.6 Å². The molecule has 0 unspecified atom stereocenters. The van der Waals surface area contributed by atoms with Crippen LogP contribution < -0.4 is 17.2 Å². The van der Waals surface area contributed by atoms with Gasteiger partial charge in [0.1, 0.15) is 6.29 Å². The van der Waals surface area contributed by atoms with E-state index >= 15 is 0 Å². The molecule has 4 heteroatoms. The number of carbonyl (C=O) groups excluding carboxylic acids is 1. The Morgan fingerprint density at radius 2 is 1.33 bits per heavy atom. The molecule has 6 N–H and O–H groups in total. The van der Waals surface area contributed by atoms with Gasteiger partial charge in [-0.25, -0.2) is 0 Å². The molecule has 1 aliphatic carbocycles. The summed E-state index contributed by atoms with van der Waals surface area (Å²) in [5, 5.41) is 0. The van der Waals surface area contributed by atoms with Crippen LogP contribution in [0, 0.1) is 0 Å². The fraction of sp³-hybridized carbons (Fsp3) is 0.786. The molecule has 0 bridgehead atoms. The maximum atomic E-state index is 10.0. The zero-order valence-corrected chi connectivity index (χ0v) is 12.5. The summed E-state index contributed by atoms with van der Waals surface area (Å²) < 4.78 is 0. The van der Waals surface area contributed by atoms with E-state index in [-0.39, 0.29) is 0 Å². The Balaban J connectivity index is -0.000000328. The van der Waals surface area contributed by atoms with Gasteiger partial charge in [0.05, 0.1) is 0 Å². The molecular formula is C14H33N3O. The van der Waals surface area contributed by atoms with Crippen molar-refractivity contribution in [3.63, 3.8) is 0 Å². The molecule has 0 heterocycles. The number of hydrogen-bond acceptors (Lipinski definition) is 4. The summed E-state index contributed by atoms with van der Waals surface area (Å²) in [6.45, 7) is 0. The summed E-state index contributed by atoms with van der Waals surface area (Å²) in [5.41, 5.74) is 15.2. The van der Waals surface area contributed by atoms with Gasteiger partial charge < -0.3 is 22.0 Å². The van der Waals surface area contributed by atoms with Gasteiger partial charge in [0.2, 0.25) is 0 Å². The summed E-state index contributed by atoms with van der Waals surface area (Å²) in [6, 6.07) is 0. The Labute approximate surface area is 113 Å². The molecule has 4 nitrogen and oxygen atoms in total. The highest BCUT2D eigenvalue weighted by Gasteiger charge is 2.04. The molecule has 0 amide bonds. The van der Waals surface area contributed by atoms with Crippen molar-refractivity contribution in [2.45, 2.75) is 51.4 Å². The Morgan fingerprint density at radius 1 is 0.889 bits per heavy atom. The maximum Gasteiger partial charge on any atom is 0.119 e. The van der Waals surface area contributed by atoms with Crippen LogP contribution in [-0.2, 0) is 4.79 Å². The molecule has 0 radical (unpaired) electrons. The standard InChI is InChI=1S/C11H18O.3CH5N/c12-10-6-2-1-3-7-11-8-4-5-9-11;3*1-2/h7,10H,1-6,8-9H2;3*2H2,1H3. The molecule has 1 fully saturated rings. The SMILES string of the molecule is CN.CN.CN.O=CCCCCC=C1CCCC1. The first kappa shape index (κ1) is 22.5. The Hall–Kier alpha value is -0.710. The summed E-state index contributed by atoms with van der Waals surface area (Å²) in [5.74, 6) is 0. The highest BCUT2D eigenvalue weighted by Crippen LogP contribution is 2.24. The Kier molecular flexibility index (Phi) is 31.5. The van der Waals surface area contributed by atoms with Crippen LogP contribution >= 0.6 is 0 Å². The number of allylic oxidation sites excluding steroid dienone is 2. The van der Waals surface area contributed by atoms with Crippen molar-refractivity contribution in [1.29, 1.82) is 0 Å². The molecule has 0 aromatic rings. The van der Waals surface area contributed by atoms with Crippen LogP contribution in [0.4, 0.5) is 0 Å². The third-order valence-electron chi connectivity index (χ3n) is 2.45. The van der Waals surface area contributed by atoms with Crippen molar-refractivity contribution in [3.8, 4) is 0 Å². The van der Waals surface area contributed by atoms with E-state index in [2.05, 4.69) is 23.3 Å². The van der Waals surface area contributed by atoms with E-state index < -0.39 is 0 Å². The molecule has 0 spiro atoms. The van der Waals surface area contributed by atoms with E-state index in [4.69, 9.17) is 0 Å². The normalized spacial score (nSPS) is 12.0. The molecule has 18 heavy (non-hydrogen) atoms. The third-order valence-corrected chi connectivity index (χ3v) is 2.45. The Morgan fingerprint density at radius 3 is 1.78 bits per heavy atom. The second-order valence-corrected chi connectivity index (χ2v) is 3.52. The van der Waals surface area contributed by atoms with Crippen LogP contribution in [0.25, 0.3) is 0 Å². The van der Waals surface area contributed by atoms with Crippen molar-refractivity contribution in [2.24, 2.45) is 17.2 Å². The molecule has 1 aliphatic rings. The van der Waals surface area contributed by atoms with Crippen LogP contribution in [0.2, 0.25) is 0 Å². The first-order chi connectivity index (χ1) is 8.93. The van der Waals surface area contributed by atoms with E-state index in [9.17, 15) is 4.79 Å². The van der Waals surface area contributed by atoms with Crippen molar-refractivity contribution in [1.82, 2.24) is 0 Å². The van der Waals surface area contributed by atoms with Gasteiger partial charge in [0.25, 0.3) is 0 Å². The summed E-state index contributed by atoms with van der Waals surface area (Å²) in [4.78, 5) is 10.0. The molecule has 0 atom stereocenters. The minimum Gasteiger partial charge on any atom is -0.333 e. The van der Waals surface area contributed by atoms with Gasteiger partial charge in [0.15, 0.2) is 0 Å². The van der Waals surface area contributed by atoms with Gasteiger partial charge in [-0.15, -0.1) is 0 Å². The molecule has 110 valence electrons. The second-order valence-electron chi connectivity index (χ2n) is 3.52. The molecular weight excluding hydrogens is 226 g/mol. The van der Waals surface area contributed by atoms with Gasteiger partial charge in [0, 0.05) is 6.42 Å². The van der Waals surface area contributed by atoms with Gasteiger partial charge >= 0.3 is 0 Å². The molecule has 0 aromatic heterocycles. The second kappa shape index (κ2) is 25.2. The third kappa shape index (κ3) is 17.7. The minimum atomic E-state index is 0.739. The summed E-state index contributed by atoms with van der Waals surface area (Å²) >= 11 is 0. The highest BCUT2D eigenvalue weighted by molar-refractivity contribution is 5.48. The van der Waals surface area contributed by atoms with E-state index in [1.165, 1.54) is 59.7 Å². The van der Waals surface area contributed by atoms with Gasteiger partial charge in [-0.05, 0) is 66.1 Å². The zero-order chi connectivity index (χ0) is 14.6. The number of hydrogen-bond donors (Lipinski definition) is 3. The number of nitrogens with two attached hydrogens (primary N) is 3. The van der Waals surface area contributed by atoms with Crippen LogP contribution in [0.1, 0.15) is 51.4 Å². The van der Waals surface area contributed by atoms with Crippen molar-refractivity contribution < 1.29 is 4.79 Å². The van der Waals surface area contributed by atoms with E-state index in [0.717, 1.165) is 19.1 Å². The van der Waals surface area contributed by atoms with Crippen LogP contribution in [-0.4, -0.2) is 27.4 Å². The van der Waals surface area contributed by atoms with E-state index in [1.807, 2.05) is 0 Å². The van der Waals surface area contributed by atoms with E-state index in [0.29, 0.717) is 0 Å². The number of carbonyl (C=O) groups is 1. The highest BCUT2D eigenvalue weighted by atomic mass is 16.1. The van der Waals surface area contributed by atoms with Crippen molar-refractivity contribution >= 4 is 6.29 Å². The quantitative estimate of drug-likeness (QED) is 0.399. The Bertz CT molecular complexity index is 162. The average Bonchev–Trinajstić information content (AvgIpc) is 2.98. The van der Waals surface area contributed by atoms with Gasteiger partial charge in [-0.2, -0.15) is 0 Å². The van der Waals surface area contributed by atoms with Crippen LogP contribution in [0.5, 0.6) is 0 Å². The zero-order valence-electron chi connectivity index (χ0n) is 12.5. The molecule has 0 saturated heterocycles. The topological polar surface area (TPSA) is 95.1 Å². The molecule has 0 aliphatic heterocycles. The van der Waals surface area contributed by atoms with Crippen LogP contribution in [0.3, 0.4) is 0 Å². The minimum absolute atomic E-state index is 0.739. The fourth-order valence-corrected chi connectivity index (χ4v) is 1.71. The molecule has 0 aromatic carbocycles. The largest absolute Gasteiger partial charge is 0.333 e. The lowest BCUT2D eigenvalue weighted by Crippen LogP contribution is -1.78. The lowest BCUT2D eigenvalue weighted by molar-refractivity contribution is -0.107. The molecule has 1 rings (SSSR count). The summed E-state index contributed by atoms with van der Waals surface area (Å²) in [7, 11) is 4.50. The predicted octanol–water partition coefficient (Wildman–Crippen LogP) is 1.97. The number of unbranched alkanes of at least 4 members (excludes halogenated alkanes) is 3. The monoisotopic (exact) mass is 259 g/mol. The average molecular weight is 259 g/mol. The van der Waals surface area contributed by atoms with Gasteiger partial charge in [-0.3, -0.25) is 0 Å². The van der Waals surface area contributed by atoms with Crippen molar-refractivity contribution in [2.75, 3.05) is 21.1 Å². The smallest absolute Gasteiger partial charge is 0.119 e. The van der Waals surface area contributed by atoms with Gasteiger partial charge in [-0.1, -0.05) is 11.6 Å². The maximum absolute atomic E-state index is 10.0. The van der Waals surface area contributed by atoms with E-state index in [1.54, 1.807) is 5.57 Å². The summed E-state index contributed by atoms with van der Waals surface area (Å²) in [6.07, 6.45) is 13.0. The lowest BCUT2D eigenvalue weighted by Gasteiger charge is -1.95.